The monoisotopic (exact) mass is 328 g/mol. The summed E-state index contributed by atoms with van der Waals surface area (Å²) in [6, 6.07) is 0. The van der Waals surface area contributed by atoms with Crippen molar-refractivity contribution < 1.29 is 29.3 Å². The van der Waals surface area contributed by atoms with Crippen molar-refractivity contribution in [3.8, 4) is 0 Å². The summed E-state index contributed by atoms with van der Waals surface area (Å²) in [5, 5.41) is 18.0. The zero-order chi connectivity index (χ0) is 18.1. The van der Waals surface area contributed by atoms with Crippen molar-refractivity contribution in [1.82, 2.24) is 0 Å². The van der Waals surface area contributed by atoms with Crippen LogP contribution in [0.1, 0.15) is 0 Å². The number of carbonyl (C=O) groups is 2. The lowest BCUT2D eigenvalue weighted by molar-refractivity contribution is -0.118. The third kappa shape index (κ3) is 6.07. The van der Waals surface area contributed by atoms with Gasteiger partial charge in [0.1, 0.15) is 17.3 Å². The summed E-state index contributed by atoms with van der Waals surface area (Å²) >= 11 is 0. The van der Waals surface area contributed by atoms with Gasteiger partial charge in [0.15, 0.2) is 11.5 Å². The van der Waals surface area contributed by atoms with Crippen molar-refractivity contribution in [1.29, 1.82) is 0 Å². The van der Waals surface area contributed by atoms with E-state index in [0.717, 1.165) is 18.4 Å². The summed E-state index contributed by atoms with van der Waals surface area (Å²) < 4.78 is 10.2. The van der Waals surface area contributed by atoms with Crippen molar-refractivity contribution in [2.24, 2.45) is 0 Å². The van der Waals surface area contributed by atoms with Gasteiger partial charge in [-0.3, -0.25) is 9.59 Å². The second-order valence-electron chi connectivity index (χ2n) is 4.38. The van der Waals surface area contributed by atoms with E-state index < -0.39 is 11.6 Å². The molecule has 0 heterocycles. The predicted molar refractivity (Wildman–Crippen MR) is 88.4 cm³/mol. The molecule has 6 heteroatoms. The van der Waals surface area contributed by atoms with E-state index in [0.29, 0.717) is 0 Å². The van der Waals surface area contributed by atoms with Gasteiger partial charge in [-0.2, -0.15) is 0 Å². The van der Waals surface area contributed by atoms with E-state index in [1.807, 2.05) is 0 Å². The third-order valence-electron chi connectivity index (χ3n) is 2.46. The predicted octanol–water partition coefficient (Wildman–Crippen LogP) is 3.22. The van der Waals surface area contributed by atoms with Crippen molar-refractivity contribution in [2.75, 3.05) is 0 Å². The largest absolute Gasteiger partial charge is 0.509 e. The Bertz CT molecular complexity index is 729. The van der Waals surface area contributed by atoms with Crippen LogP contribution >= 0.6 is 0 Å². The van der Waals surface area contributed by atoms with Gasteiger partial charge in [0.2, 0.25) is 11.6 Å². The summed E-state index contributed by atoms with van der Waals surface area (Å²) in [4.78, 5) is 23.8. The van der Waals surface area contributed by atoms with Gasteiger partial charge < -0.3 is 19.7 Å². The number of ether oxygens (including phenoxy) is 2. The summed E-state index contributed by atoms with van der Waals surface area (Å²) in [6.07, 6.45) is 9.43. The van der Waals surface area contributed by atoms with Crippen LogP contribution < -0.4 is 0 Å². The first kappa shape index (κ1) is 18.5. The average molecular weight is 328 g/mol. The molecule has 0 aromatic heterocycles. The Labute approximate surface area is 139 Å². The van der Waals surface area contributed by atoms with Crippen LogP contribution in [0.25, 0.3) is 0 Å². The molecule has 0 amide bonds. The Kier molecular flexibility index (Phi) is 6.78. The van der Waals surface area contributed by atoms with Crippen LogP contribution in [0.2, 0.25) is 0 Å². The van der Waals surface area contributed by atoms with Crippen LogP contribution in [0.15, 0.2) is 97.3 Å². The second-order valence-corrected chi connectivity index (χ2v) is 4.38. The lowest BCUT2D eigenvalue weighted by Gasteiger charge is -2.12. The highest BCUT2D eigenvalue weighted by atomic mass is 16.5. The molecule has 0 unspecified atom stereocenters. The number of carbonyl (C=O) groups excluding carboxylic acids is 2. The van der Waals surface area contributed by atoms with Gasteiger partial charge in [0.05, 0.1) is 6.26 Å². The van der Waals surface area contributed by atoms with Crippen LogP contribution in [0.4, 0.5) is 0 Å². The molecule has 0 saturated heterocycles. The molecule has 0 fully saturated rings. The molecule has 0 atom stereocenters. The standard InChI is InChI=1S/C18H16O6/c1-4-14(20)6-5-9-23-17-10-16(22)18(11-15(17)21)24-13(3)8-7-12(2)19/h4-11,19-20H,1-3H2/b8-7-,9-5+,14-6+. The van der Waals surface area contributed by atoms with E-state index in [1.165, 1.54) is 30.4 Å². The minimum absolute atomic E-state index is 0.0419. The summed E-state index contributed by atoms with van der Waals surface area (Å²) in [5.74, 6) is -1.82. The van der Waals surface area contributed by atoms with Gasteiger partial charge in [-0.1, -0.05) is 19.7 Å². The zero-order valence-electron chi connectivity index (χ0n) is 12.8. The fourth-order valence-corrected chi connectivity index (χ4v) is 1.38. The Morgan fingerprint density at radius 3 is 2.29 bits per heavy atom. The average Bonchev–Trinajstić information content (AvgIpc) is 2.53. The highest BCUT2D eigenvalue weighted by Gasteiger charge is 2.23. The van der Waals surface area contributed by atoms with E-state index in [-0.39, 0.29) is 28.8 Å². The zero-order valence-corrected chi connectivity index (χ0v) is 12.8. The van der Waals surface area contributed by atoms with Crippen LogP contribution in [-0.4, -0.2) is 21.8 Å². The van der Waals surface area contributed by atoms with E-state index in [9.17, 15) is 9.59 Å². The first-order valence-corrected chi connectivity index (χ1v) is 6.63. The molecule has 0 spiro atoms. The molecule has 1 aliphatic rings. The van der Waals surface area contributed by atoms with Gasteiger partial charge in [-0.25, -0.2) is 0 Å². The van der Waals surface area contributed by atoms with Gasteiger partial charge in [0.25, 0.3) is 0 Å². The number of rotatable bonds is 8. The maximum absolute atomic E-state index is 11.9. The van der Waals surface area contributed by atoms with Crippen LogP contribution in [0.5, 0.6) is 0 Å². The molecule has 2 N–H and O–H groups in total. The highest BCUT2D eigenvalue weighted by Crippen LogP contribution is 2.17. The number of hydrogen-bond acceptors (Lipinski definition) is 6. The van der Waals surface area contributed by atoms with Gasteiger partial charge in [-0.15, -0.1) is 0 Å². The first-order chi connectivity index (χ1) is 11.3. The van der Waals surface area contributed by atoms with E-state index in [1.54, 1.807) is 0 Å². The fourth-order valence-electron chi connectivity index (χ4n) is 1.38. The van der Waals surface area contributed by atoms with Gasteiger partial charge in [-0.05, 0) is 30.4 Å². The molecule has 1 rings (SSSR count). The molecule has 0 aromatic rings. The fraction of sp³-hybridized carbons (Fsp3) is 0. The number of ketones is 2. The third-order valence-corrected chi connectivity index (χ3v) is 2.46. The van der Waals surface area contributed by atoms with Crippen molar-refractivity contribution in [3.63, 3.8) is 0 Å². The Balaban J connectivity index is 2.71. The number of aliphatic hydroxyl groups is 2. The topological polar surface area (TPSA) is 93.1 Å². The SMILES string of the molecule is C=C/C(O)=C\C=C\OC1=CC(=O)C(OC(=C)/C=C\C(=C)O)=CC1=O. The van der Waals surface area contributed by atoms with Gasteiger partial charge in [0, 0.05) is 12.2 Å². The maximum atomic E-state index is 11.9. The molecule has 6 nitrogen and oxygen atoms in total. The summed E-state index contributed by atoms with van der Waals surface area (Å²) in [7, 11) is 0. The molecular weight excluding hydrogens is 312 g/mol. The van der Waals surface area contributed by atoms with Gasteiger partial charge >= 0.3 is 0 Å². The molecule has 124 valence electrons. The Morgan fingerprint density at radius 1 is 1.04 bits per heavy atom. The van der Waals surface area contributed by atoms with Crippen LogP contribution in [0.3, 0.4) is 0 Å². The normalized spacial score (nSPS) is 15.2. The Hall–Kier alpha value is -3.54. The number of allylic oxidation sites excluding steroid dienone is 7. The van der Waals surface area contributed by atoms with Crippen molar-refractivity contribution in [2.45, 2.75) is 0 Å². The lowest BCUT2D eigenvalue weighted by Crippen LogP contribution is -2.15. The Morgan fingerprint density at radius 2 is 1.67 bits per heavy atom. The molecule has 0 radical (unpaired) electrons. The minimum Gasteiger partial charge on any atom is -0.509 e. The summed E-state index contributed by atoms with van der Waals surface area (Å²) in [5.41, 5.74) is 0. The summed E-state index contributed by atoms with van der Waals surface area (Å²) in [6.45, 7) is 10.1. The molecule has 0 bridgehead atoms. The van der Waals surface area contributed by atoms with Crippen molar-refractivity contribution in [3.05, 3.63) is 97.3 Å². The first-order valence-electron chi connectivity index (χ1n) is 6.63. The second kappa shape index (κ2) is 8.79. The molecular formula is C18H16O6. The molecule has 0 aliphatic heterocycles. The van der Waals surface area contributed by atoms with Crippen LogP contribution in [0, 0.1) is 0 Å². The smallest absolute Gasteiger partial charge is 0.225 e. The molecule has 24 heavy (non-hydrogen) atoms. The minimum atomic E-state index is -0.583. The number of aliphatic hydroxyl groups excluding tert-OH is 2. The molecule has 0 aromatic carbocycles. The lowest BCUT2D eigenvalue weighted by atomic mass is 10.1. The molecule has 0 saturated carbocycles. The molecule has 1 aliphatic carbocycles. The van der Waals surface area contributed by atoms with Crippen molar-refractivity contribution >= 4 is 11.6 Å². The van der Waals surface area contributed by atoms with E-state index >= 15 is 0 Å². The van der Waals surface area contributed by atoms with Crippen LogP contribution in [-0.2, 0) is 19.1 Å². The number of hydrogen-bond donors (Lipinski definition) is 2. The van der Waals surface area contributed by atoms with E-state index in [4.69, 9.17) is 19.7 Å². The maximum Gasteiger partial charge on any atom is 0.225 e. The highest BCUT2D eigenvalue weighted by molar-refractivity contribution is 6.18. The quantitative estimate of drug-likeness (QED) is 0.404. The van der Waals surface area contributed by atoms with E-state index in [2.05, 4.69) is 19.7 Å².